The van der Waals surface area contributed by atoms with Crippen molar-refractivity contribution in [3.63, 3.8) is 0 Å². The maximum Gasteiger partial charge on any atom is 0.227 e. The quantitative estimate of drug-likeness (QED) is 0.870. The second kappa shape index (κ2) is 8.52. The van der Waals surface area contributed by atoms with Crippen molar-refractivity contribution in [2.75, 3.05) is 24.6 Å². The van der Waals surface area contributed by atoms with E-state index in [4.69, 9.17) is 4.74 Å². The van der Waals surface area contributed by atoms with Crippen LogP contribution in [-0.4, -0.2) is 31.5 Å². The number of hydrogen-bond acceptors (Lipinski definition) is 3. The standard InChI is InChI=1S/C21H24N2O3/c1-16-7-8-19-18(15-16)23(13-14-26-19)21(25)10-9-20(24)22-12-11-17-5-3-2-4-6-17/h2-8,15H,9-14H2,1H3,(H,22,24). The second-order valence-electron chi connectivity index (χ2n) is 6.45. The third-order valence-electron chi connectivity index (χ3n) is 4.42. The zero-order chi connectivity index (χ0) is 18.4. The number of amides is 2. The third-order valence-corrected chi connectivity index (χ3v) is 4.42. The molecule has 1 heterocycles. The minimum atomic E-state index is -0.0907. The van der Waals surface area contributed by atoms with Crippen molar-refractivity contribution < 1.29 is 14.3 Å². The highest BCUT2D eigenvalue weighted by Crippen LogP contribution is 2.32. The highest BCUT2D eigenvalue weighted by Gasteiger charge is 2.23. The number of hydrogen-bond donors (Lipinski definition) is 1. The normalized spacial score (nSPS) is 12.9. The molecule has 1 aliphatic rings. The first-order valence-corrected chi connectivity index (χ1v) is 8.98. The van der Waals surface area contributed by atoms with E-state index in [1.165, 1.54) is 5.56 Å². The Morgan fingerprint density at radius 3 is 2.73 bits per heavy atom. The molecule has 3 rings (SSSR count). The Hall–Kier alpha value is -2.82. The van der Waals surface area contributed by atoms with Gasteiger partial charge in [-0.3, -0.25) is 9.59 Å². The second-order valence-corrected chi connectivity index (χ2v) is 6.45. The molecule has 0 aromatic heterocycles. The molecule has 0 unspecified atom stereocenters. The van der Waals surface area contributed by atoms with E-state index in [1.807, 2.05) is 55.5 Å². The first-order chi connectivity index (χ1) is 12.6. The molecule has 26 heavy (non-hydrogen) atoms. The fourth-order valence-corrected chi connectivity index (χ4v) is 3.02. The Kier molecular flexibility index (Phi) is 5.89. The molecule has 2 aromatic carbocycles. The van der Waals surface area contributed by atoms with E-state index in [2.05, 4.69) is 5.32 Å². The minimum Gasteiger partial charge on any atom is -0.490 e. The molecular weight excluding hydrogens is 328 g/mol. The zero-order valence-electron chi connectivity index (χ0n) is 15.0. The van der Waals surface area contributed by atoms with Crippen LogP contribution in [0.25, 0.3) is 0 Å². The van der Waals surface area contributed by atoms with Gasteiger partial charge in [0.25, 0.3) is 0 Å². The lowest BCUT2D eigenvalue weighted by atomic mass is 10.1. The van der Waals surface area contributed by atoms with Gasteiger partial charge in [-0.2, -0.15) is 0 Å². The molecule has 1 N–H and O–H groups in total. The average molecular weight is 352 g/mol. The zero-order valence-corrected chi connectivity index (χ0v) is 15.0. The van der Waals surface area contributed by atoms with Crippen molar-refractivity contribution in [3.05, 3.63) is 59.7 Å². The van der Waals surface area contributed by atoms with E-state index < -0.39 is 0 Å². The van der Waals surface area contributed by atoms with Gasteiger partial charge in [0.2, 0.25) is 11.8 Å². The Labute approximate surface area is 154 Å². The molecule has 0 radical (unpaired) electrons. The summed E-state index contributed by atoms with van der Waals surface area (Å²) in [6.45, 7) is 3.56. The topological polar surface area (TPSA) is 58.6 Å². The number of fused-ring (bicyclic) bond motifs is 1. The van der Waals surface area contributed by atoms with Crippen LogP contribution in [0.5, 0.6) is 5.75 Å². The molecule has 136 valence electrons. The van der Waals surface area contributed by atoms with Crippen LogP contribution in [-0.2, 0) is 16.0 Å². The van der Waals surface area contributed by atoms with Gasteiger partial charge < -0.3 is 15.0 Å². The maximum absolute atomic E-state index is 12.6. The summed E-state index contributed by atoms with van der Waals surface area (Å²) >= 11 is 0. The fourth-order valence-electron chi connectivity index (χ4n) is 3.02. The molecule has 2 amide bonds. The molecular formula is C21H24N2O3. The molecule has 0 fully saturated rings. The molecule has 0 saturated carbocycles. The van der Waals surface area contributed by atoms with E-state index >= 15 is 0 Å². The Bertz CT molecular complexity index is 774. The fraction of sp³-hybridized carbons (Fsp3) is 0.333. The summed E-state index contributed by atoms with van der Waals surface area (Å²) in [4.78, 5) is 26.3. The number of carbonyl (C=O) groups is 2. The van der Waals surface area contributed by atoms with Crippen molar-refractivity contribution >= 4 is 17.5 Å². The molecule has 5 heteroatoms. The number of nitrogens with zero attached hydrogens (tertiary/aromatic N) is 1. The van der Waals surface area contributed by atoms with E-state index in [1.54, 1.807) is 4.90 Å². The predicted molar refractivity (Wildman–Crippen MR) is 101 cm³/mol. The van der Waals surface area contributed by atoms with E-state index in [0.29, 0.717) is 19.7 Å². The molecule has 0 bridgehead atoms. The van der Waals surface area contributed by atoms with Gasteiger partial charge in [-0.15, -0.1) is 0 Å². The molecule has 0 atom stereocenters. The molecule has 5 nitrogen and oxygen atoms in total. The molecule has 2 aromatic rings. The van der Waals surface area contributed by atoms with Gasteiger partial charge in [-0.25, -0.2) is 0 Å². The summed E-state index contributed by atoms with van der Waals surface area (Å²) in [5.41, 5.74) is 3.06. The number of aryl methyl sites for hydroxylation is 1. The summed E-state index contributed by atoms with van der Waals surface area (Å²) in [6.07, 6.45) is 1.19. The number of rotatable bonds is 6. The summed E-state index contributed by atoms with van der Waals surface area (Å²) in [5.74, 6) is 0.591. The molecule has 0 saturated heterocycles. The van der Waals surface area contributed by atoms with Gasteiger partial charge in [-0.1, -0.05) is 36.4 Å². The molecule has 0 spiro atoms. The predicted octanol–water partition coefficient (Wildman–Crippen LogP) is 2.86. The third kappa shape index (κ3) is 4.63. The lowest BCUT2D eigenvalue weighted by Crippen LogP contribution is -2.38. The molecule has 1 aliphatic heterocycles. The van der Waals surface area contributed by atoms with Crippen LogP contribution in [0, 0.1) is 6.92 Å². The number of ether oxygens (including phenoxy) is 1. The van der Waals surface area contributed by atoms with Gasteiger partial charge in [-0.05, 0) is 36.6 Å². The van der Waals surface area contributed by atoms with Crippen LogP contribution in [0.15, 0.2) is 48.5 Å². The first kappa shape index (κ1) is 18.0. The van der Waals surface area contributed by atoms with Crippen LogP contribution >= 0.6 is 0 Å². The summed E-state index contributed by atoms with van der Waals surface area (Å²) in [7, 11) is 0. The number of nitrogens with one attached hydrogen (secondary N) is 1. The smallest absolute Gasteiger partial charge is 0.227 e. The first-order valence-electron chi connectivity index (χ1n) is 8.98. The average Bonchev–Trinajstić information content (AvgIpc) is 2.66. The van der Waals surface area contributed by atoms with Crippen LogP contribution in [0.3, 0.4) is 0 Å². The van der Waals surface area contributed by atoms with Crippen molar-refractivity contribution in [3.8, 4) is 5.75 Å². The number of anilines is 1. The highest BCUT2D eigenvalue weighted by molar-refractivity contribution is 5.97. The van der Waals surface area contributed by atoms with Gasteiger partial charge in [0.15, 0.2) is 0 Å². The monoisotopic (exact) mass is 352 g/mol. The summed E-state index contributed by atoms with van der Waals surface area (Å²) in [6, 6.07) is 15.8. The van der Waals surface area contributed by atoms with Gasteiger partial charge in [0.05, 0.1) is 12.2 Å². The van der Waals surface area contributed by atoms with Crippen molar-refractivity contribution in [2.45, 2.75) is 26.2 Å². The Morgan fingerprint density at radius 2 is 1.92 bits per heavy atom. The van der Waals surface area contributed by atoms with Crippen molar-refractivity contribution in [2.24, 2.45) is 0 Å². The van der Waals surface area contributed by atoms with E-state index in [-0.39, 0.29) is 24.7 Å². The Morgan fingerprint density at radius 1 is 1.12 bits per heavy atom. The number of benzene rings is 2. The van der Waals surface area contributed by atoms with Crippen molar-refractivity contribution in [1.29, 1.82) is 0 Å². The van der Waals surface area contributed by atoms with E-state index in [9.17, 15) is 9.59 Å². The maximum atomic E-state index is 12.6. The SMILES string of the molecule is Cc1ccc2c(c1)N(C(=O)CCC(=O)NCCc1ccccc1)CCO2. The van der Waals surface area contributed by atoms with Crippen LogP contribution in [0.1, 0.15) is 24.0 Å². The summed E-state index contributed by atoms with van der Waals surface area (Å²) < 4.78 is 5.61. The number of carbonyl (C=O) groups excluding carboxylic acids is 2. The van der Waals surface area contributed by atoms with Gasteiger partial charge in [0.1, 0.15) is 12.4 Å². The van der Waals surface area contributed by atoms with Crippen LogP contribution in [0.2, 0.25) is 0 Å². The van der Waals surface area contributed by atoms with Crippen LogP contribution in [0.4, 0.5) is 5.69 Å². The minimum absolute atomic E-state index is 0.0432. The largest absolute Gasteiger partial charge is 0.490 e. The van der Waals surface area contributed by atoms with Crippen molar-refractivity contribution in [1.82, 2.24) is 5.32 Å². The van der Waals surface area contributed by atoms with E-state index in [0.717, 1.165) is 23.4 Å². The lowest BCUT2D eigenvalue weighted by molar-refractivity contribution is -0.125. The lowest BCUT2D eigenvalue weighted by Gasteiger charge is -2.29. The highest BCUT2D eigenvalue weighted by atomic mass is 16.5. The Balaban J connectivity index is 1.47. The van der Waals surface area contributed by atoms with Crippen LogP contribution < -0.4 is 15.0 Å². The summed E-state index contributed by atoms with van der Waals surface area (Å²) in [5, 5.41) is 2.88. The van der Waals surface area contributed by atoms with Gasteiger partial charge >= 0.3 is 0 Å². The van der Waals surface area contributed by atoms with Gasteiger partial charge in [0, 0.05) is 19.4 Å². The molecule has 0 aliphatic carbocycles.